The van der Waals surface area contributed by atoms with Gasteiger partial charge in [-0.25, -0.2) is 9.97 Å². The summed E-state index contributed by atoms with van der Waals surface area (Å²) in [6.07, 6.45) is 2.33. The van der Waals surface area contributed by atoms with Gasteiger partial charge in [0.1, 0.15) is 12.4 Å². The van der Waals surface area contributed by atoms with Gasteiger partial charge in [-0.3, -0.25) is 4.79 Å². The number of hydrogen-bond donors (Lipinski definition) is 0. The quantitative estimate of drug-likeness (QED) is 0.610. The minimum Gasteiger partial charge on any atom is -0.478 e. The minimum absolute atomic E-state index is 0.143. The van der Waals surface area contributed by atoms with Crippen molar-refractivity contribution in [2.24, 2.45) is 0 Å². The Labute approximate surface area is 181 Å². The largest absolute Gasteiger partial charge is 0.478 e. The topological polar surface area (TPSA) is 76.4 Å². The molecule has 2 aromatic heterocycles. The number of para-hydroxylation sites is 2. The van der Waals surface area contributed by atoms with Crippen LogP contribution < -0.4 is 9.64 Å². The maximum Gasteiger partial charge on any atom is 0.242 e. The van der Waals surface area contributed by atoms with Gasteiger partial charge in [0.25, 0.3) is 0 Å². The Hall–Kier alpha value is -3.16. The van der Waals surface area contributed by atoms with Gasteiger partial charge < -0.3 is 19.1 Å². The normalized spacial score (nSPS) is 16.7. The Bertz CT molecular complexity index is 1100. The molecule has 8 nitrogen and oxygen atoms in total. The number of aryl methyl sites for hydroxylation is 1. The third-order valence-corrected chi connectivity index (χ3v) is 5.95. The number of anilines is 1. The number of carbonyl (C=O) groups is 1. The third-order valence-electron chi connectivity index (χ3n) is 5.95. The molecule has 2 fully saturated rings. The van der Waals surface area contributed by atoms with E-state index < -0.39 is 0 Å². The molecule has 0 bridgehead atoms. The predicted octanol–water partition coefficient (Wildman–Crippen LogP) is 2.76. The highest BCUT2D eigenvalue weighted by Gasteiger charge is 2.31. The summed E-state index contributed by atoms with van der Waals surface area (Å²) in [4.78, 5) is 31.1. The van der Waals surface area contributed by atoms with Gasteiger partial charge in [-0.1, -0.05) is 12.1 Å². The molecular formula is C23H28N6O2. The average Bonchev–Trinajstić information content (AvgIpc) is 3.56. The van der Waals surface area contributed by atoms with Crippen molar-refractivity contribution in [1.82, 2.24) is 24.4 Å². The minimum atomic E-state index is 0.143. The van der Waals surface area contributed by atoms with Gasteiger partial charge in [-0.05, 0) is 38.8 Å². The van der Waals surface area contributed by atoms with Crippen LogP contribution in [0.3, 0.4) is 0 Å². The fraction of sp³-hybridized carbons (Fsp3) is 0.478. The van der Waals surface area contributed by atoms with E-state index in [4.69, 9.17) is 9.72 Å². The van der Waals surface area contributed by atoms with Crippen LogP contribution in [0.15, 0.2) is 30.3 Å². The standard InChI is InChI=1S/C23H28N6O2/c1-3-31-20-14-16(2)24-23(26-20)28-12-10-27(11-13-28)21(30)15-29-19-7-5-4-6-18(19)25-22(29)17-8-9-17/h4-7,14,17H,3,8-13,15H2,1-2H3. The van der Waals surface area contributed by atoms with Crippen LogP contribution in [-0.2, 0) is 11.3 Å². The first-order valence-corrected chi connectivity index (χ1v) is 11.1. The van der Waals surface area contributed by atoms with Crippen LogP contribution in [0.1, 0.15) is 37.2 Å². The van der Waals surface area contributed by atoms with E-state index in [1.54, 1.807) is 0 Å². The summed E-state index contributed by atoms with van der Waals surface area (Å²) < 4.78 is 7.68. The number of amides is 1. The molecule has 0 atom stereocenters. The molecular weight excluding hydrogens is 392 g/mol. The molecule has 3 heterocycles. The molecule has 0 spiro atoms. The summed E-state index contributed by atoms with van der Waals surface area (Å²) in [5, 5.41) is 0. The first-order chi connectivity index (χ1) is 15.1. The Balaban J connectivity index is 1.27. The average molecular weight is 421 g/mol. The van der Waals surface area contributed by atoms with Gasteiger partial charge in [0, 0.05) is 43.9 Å². The van der Waals surface area contributed by atoms with Gasteiger partial charge in [0.2, 0.25) is 17.7 Å². The summed E-state index contributed by atoms with van der Waals surface area (Å²) in [6.45, 7) is 7.55. The van der Waals surface area contributed by atoms with Gasteiger partial charge in [-0.2, -0.15) is 4.98 Å². The van der Waals surface area contributed by atoms with E-state index in [1.165, 1.54) is 0 Å². The van der Waals surface area contributed by atoms with Crippen molar-refractivity contribution in [3.63, 3.8) is 0 Å². The molecule has 5 rings (SSSR count). The fourth-order valence-electron chi connectivity index (χ4n) is 4.19. The lowest BCUT2D eigenvalue weighted by molar-refractivity contribution is -0.132. The van der Waals surface area contributed by atoms with Crippen LogP contribution in [0.25, 0.3) is 11.0 Å². The Morgan fingerprint density at radius 2 is 1.87 bits per heavy atom. The molecule has 1 aromatic carbocycles. The predicted molar refractivity (Wildman–Crippen MR) is 118 cm³/mol. The van der Waals surface area contributed by atoms with Crippen LogP contribution in [0.5, 0.6) is 5.88 Å². The number of piperazine rings is 1. The van der Waals surface area contributed by atoms with Gasteiger partial charge in [0.05, 0.1) is 17.6 Å². The lowest BCUT2D eigenvalue weighted by Crippen LogP contribution is -2.50. The van der Waals surface area contributed by atoms with E-state index in [-0.39, 0.29) is 5.91 Å². The zero-order valence-corrected chi connectivity index (χ0v) is 18.1. The number of imidazole rings is 1. The number of fused-ring (bicyclic) bond motifs is 1. The molecule has 0 radical (unpaired) electrons. The monoisotopic (exact) mass is 420 g/mol. The summed E-state index contributed by atoms with van der Waals surface area (Å²) in [5.74, 6) is 2.97. The number of aromatic nitrogens is 4. The second-order valence-corrected chi connectivity index (χ2v) is 8.27. The molecule has 0 unspecified atom stereocenters. The maximum absolute atomic E-state index is 13.1. The van der Waals surface area contributed by atoms with E-state index in [0.717, 1.165) is 35.4 Å². The van der Waals surface area contributed by atoms with E-state index in [1.807, 2.05) is 43.0 Å². The molecule has 1 aliphatic heterocycles. The molecule has 162 valence electrons. The van der Waals surface area contributed by atoms with Crippen LogP contribution in [0.2, 0.25) is 0 Å². The third kappa shape index (κ3) is 4.06. The SMILES string of the molecule is CCOc1cc(C)nc(N2CCN(C(=O)Cn3c(C4CC4)nc4ccccc43)CC2)n1. The summed E-state index contributed by atoms with van der Waals surface area (Å²) in [6, 6.07) is 9.95. The van der Waals surface area contributed by atoms with Gasteiger partial charge in [0.15, 0.2) is 0 Å². The summed E-state index contributed by atoms with van der Waals surface area (Å²) >= 11 is 0. The van der Waals surface area contributed by atoms with Crippen LogP contribution in [0, 0.1) is 6.92 Å². The van der Waals surface area contributed by atoms with Crippen molar-refractivity contribution in [2.75, 3.05) is 37.7 Å². The van der Waals surface area contributed by atoms with Crippen LogP contribution >= 0.6 is 0 Å². The first kappa shape index (κ1) is 19.8. The number of nitrogens with zero attached hydrogens (tertiary/aromatic N) is 6. The zero-order valence-electron chi connectivity index (χ0n) is 18.1. The highest BCUT2D eigenvalue weighted by molar-refractivity contribution is 5.81. The molecule has 1 amide bonds. The Morgan fingerprint density at radius 1 is 1.10 bits per heavy atom. The van der Waals surface area contributed by atoms with Crippen molar-refractivity contribution in [1.29, 1.82) is 0 Å². The van der Waals surface area contributed by atoms with Crippen molar-refractivity contribution < 1.29 is 9.53 Å². The first-order valence-electron chi connectivity index (χ1n) is 11.1. The van der Waals surface area contributed by atoms with E-state index >= 15 is 0 Å². The van der Waals surface area contributed by atoms with Crippen molar-refractivity contribution >= 4 is 22.9 Å². The molecule has 1 saturated carbocycles. The van der Waals surface area contributed by atoms with Gasteiger partial charge in [-0.15, -0.1) is 0 Å². The van der Waals surface area contributed by atoms with Crippen molar-refractivity contribution in [3.8, 4) is 5.88 Å². The number of carbonyl (C=O) groups excluding carboxylic acids is 1. The molecule has 3 aromatic rings. The molecule has 1 saturated heterocycles. The van der Waals surface area contributed by atoms with Gasteiger partial charge >= 0.3 is 0 Å². The lowest BCUT2D eigenvalue weighted by atomic mass is 10.3. The van der Waals surface area contributed by atoms with E-state index in [0.29, 0.717) is 57.1 Å². The fourth-order valence-corrected chi connectivity index (χ4v) is 4.19. The second-order valence-electron chi connectivity index (χ2n) is 8.27. The second kappa shape index (κ2) is 8.17. The number of hydrogen-bond acceptors (Lipinski definition) is 6. The smallest absolute Gasteiger partial charge is 0.242 e. The lowest BCUT2D eigenvalue weighted by Gasteiger charge is -2.35. The van der Waals surface area contributed by atoms with Crippen LogP contribution in [-0.4, -0.2) is 63.1 Å². The highest BCUT2D eigenvalue weighted by Crippen LogP contribution is 2.40. The van der Waals surface area contributed by atoms with E-state index in [9.17, 15) is 4.79 Å². The number of rotatable bonds is 6. The number of benzene rings is 1. The number of ether oxygens (including phenoxy) is 1. The molecule has 31 heavy (non-hydrogen) atoms. The Morgan fingerprint density at radius 3 is 2.61 bits per heavy atom. The van der Waals surface area contributed by atoms with Crippen LogP contribution in [0.4, 0.5) is 5.95 Å². The highest BCUT2D eigenvalue weighted by atomic mass is 16.5. The maximum atomic E-state index is 13.1. The van der Waals surface area contributed by atoms with E-state index in [2.05, 4.69) is 25.5 Å². The Kier molecular flexibility index (Phi) is 5.21. The molecule has 0 N–H and O–H groups in total. The zero-order chi connectivity index (χ0) is 21.4. The summed E-state index contributed by atoms with van der Waals surface area (Å²) in [7, 11) is 0. The summed E-state index contributed by atoms with van der Waals surface area (Å²) in [5.41, 5.74) is 2.91. The van der Waals surface area contributed by atoms with Crippen molar-refractivity contribution in [2.45, 2.75) is 39.2 Å². The molecule has 1 aliphatic carbocycles. The molecule has 8 heteroatoms. The molecule has 2 aliphatic rings. The van der Waals surface area contributed by atoms with Crippen molar-refractivity contribution in [3.05, 3.63) is 41.9 Å².